The number of benzene rings is 2. The van der Waals surface area contributed by atoms with E-state index in [-0.39, 0.29) is 30.8 Å². The number of ether oxygens (including phenoxy) is 1. The predicted molar refractivity (Wildman–Crippen MR) is 141 cm³/mol. The summed E-state index contributed by atoms with van der Waals surface area (Å²) in [6, 6.07) is 15.8. The summed E-state index contributed by atoms with van der Waals surface area (Å²) in [5, 5.41) is 7.80. The molecule has 1 spiro atoms. The van der Waals surface area contributed by atoms with Gasteiger partial charge in [0, 0.05) is 10.6 Å². The highest BCUT2D eigenvalue weighted by Gasteiger charge is 2.64. The Bertz CT molecular complexity index is 1410. The summed E-state index contributed by atoms with van der Waals surface area (Å²) in [5.74, 6) is -3.13. The zero-order chi connectivity index (χ0) is 26.4. The summed E-state index contributed by atoms with van der Waals surface area (Å²) in [4.78, 5) is 44.0. The lowest BCUT2D eigenvalue weighted by Crippen LogP contribution is -2.59. The Kier molecular flexibility index (Phi) is 6.12. The van der Waals surface area contributed by atoms with E-state index in [0.29, 0.717) is 11.3 Å². The van der Waals surface area contributed by atoms with E-state index in [1.165, 1.54) is 40.5 Å². The van der Waals surface area contributed by atoms with Crippen molar-refractivity contribution in [3.63, 3.8) is 0 Å². The quantitative estimate of drug-likeness (QED) is 0.488. The van der Waals surface area contributed by atoms with E-state index in [2.05, 4.69) is 10.6 Å². The number of nitrogens with zero attached hydrogens (tertiary/aromatic N) is 1. The fraction of sp³-hybridized carbons (Fsp3) is 0.276. The molecule has 0 aliphatic carbocycles. The Labute approximate surface area is 223 Å². The van der Waals surface area contributed by atoms with Gasteiger partial charge in [-0.25, -0.2) is 4.39 Å². The molecular weight excluding hydrogens is 505 g/mol. The molecule has 2 saturated heterocycles. The standard InChI is InChI=1S/C29H26FN3O4S/c1-17-4-10-20(11-5-17)32-26(34)23-22-12-13-29(37-22)16-31-27(35)25(18-6-8-19(30)9-7-18)33(28(36)24(23)29)15-21-3-2-14-38-21/h2-14,22-25H,15-16H2,1H3,(H,31,35)(H,32,34)/t22-,23-,24-,25-,29+/m1/s1. The minimum Gasteiger partial charge on any atom is -0.360 e. The minimum absolute atomic E-state index is 0.0497. The molecule has 0 unspecified atom stereocenters. The van der Waals surface area contributed by atoms with Gasteiger partial charge in [0.15, 0.2) is 0 Å². The molecule has 3 amide bonds. The third-order valence-electron chi connectivity index (χ3n) is 7.52. The zero-order valence-electron chi connectivity index (χ0n) is 20.6. The number of halogens is 1. The SMILES string of the molecule is Cc1ccc(NC(=O)[C@@H]2[C@H]3C=C[C@@]4(CNC(=O)[C@@H](c5ccc(F)cc5)N(Cc5cccs5)C(=O)[C@@H]24)O3)cc1. The lowest BCUT2D eigenvalue weighted by Gasteiger charge is -2.41. The van der Waals surface area contributed by atoms with Crippen molar-refractivity contribution in [2.75, 3.05) is 11.9 Å². The number of anilines is 1. The summed E-state index contributed by atoms with van der Waals surface area (Å²) >= 11 is 1.47. The molecule has 2 fully saturated rings. The Hall–Kier alpha value is -3.82. The van der Waals surface area contributed by atoms with E-state index in [4.69, 9.17) is 4.74 Å². The van der Waals surface area contributed by atoms with Crippen molar-refractivity contribution in [2.24, 2.45) is 11.8 Å². The highest BCUT2D eigenvalue weighted by atomic mass is 32.1. The number of fused-ring (bicyclic) bond motifs is 1. The van der Waals surface area contributed by atoms with Crippen LogP contribution in [0.5, 0.6) is 0 Å². The van der Waals surface area contributed by atoms with Crippen molar-refractivity contribution >= 4 is 34.7 Å². The first-order valence-electron chi connectivity index (χ1n) is 12.5. The van der Waals surface area contributed by atoms with Crippen LogP contribution in [0.4, 0.5) is 10.1 Å². The number of carbonyl (C=O) groups excluding carboxylic acids is 3. The van der Waals surface area contributed by atoms with Crippen LogP contribution < -0.4 is 10.6 Å². The van der Waals surface area contributed by atoms with Gasteiger partial charge in [0.2, 0.25) is 17.7 Å². The lowest BCUT2D eigenvalue weighted by molar-refractivity contribution is -0.153. The molecule has 9 heteroatoms. The van der Waals surface area contributed by atoms with E-state index < -0.39 is 35.4 Å². The molecule has 4 heterocycles. The molecule has 2 bridgehead atoms. The number of hydrogen-bond donors (Lipinski definition) is 2. The number of amides is 3. The van der Waals surface area contributed by atoms with Crippen molar-refractivity contribution < 1.29 is 23.5 Å². The number of aryl methyl sites for hydroxylation is 1. The normalized spacial score (nSPS) is 28.0. The minimum atomic E-state index is -1.13. The fourth-order valence-electron chi connectivity index (χ4n) is 5.67. The van der Waals surface area contributed by atoms with E-state index in [0.717, 1.165) is 10.4 Å². The van der Waals surface area contributed by atoms with Gasteiger partial charge in [0.1, 0.15) is 17.5 Å². The first-order valence-corrected chi connectivity index (χ1v) is 13.3. The topological polar surface area (TPSA) is 87.7 Å². The Morgan fingerprint density at radius 2 is 1.92 bits per heavy atom. The largest absolute Gasteiger partial charge is 0.360 e. The predicted octanol–water partition coefficient (Wildman–Crippen LogP) is 3.97. The van der Waals surface area contributed by atoms with Crippen LogP contribution in [0.2, 0.25) is 0 Å². The van der Waals surface area contributed by atoms with Crippen LogP contribution in [0.1, 0.15) is 22.0 Å². The summed E-state index contributed by atoms with van der Waals surface area (Å²) in [6.07, 6.45) is 3.01. The fourth-order valence-corrected chi connectivity index (χ4v) is 6.38. The molecule has 1 aromatic heterocycles. The van der Waals surface area contributed by atoms with Crippen molar-refractivity contribution in [1.82, 2.24) is 10.2 Å². The molecule has 5 atom stereocenters. The van der Waals surface area contributed by atoms with Crippen molar-refractivity contribution in [3.8, 4) is 0 Å². The van der Waals surface area contributed by atoms with E-state index in [1.807, 2.05) is 48.7 Å². The molecule has 7 nitrogen and oxygen atoms in total. The molecule has 0 saturated carbocycles. The second kappa shape index (κ2) is 9.49. The van der Waals surface area contributed by atoms with Gasteiger partial charge < -0.3 is 20.3 Å². The van der Waals surface area contributed by atoms with Crippen LogP contribution in [-0.2, 0) is 25.7 Å². The number of thiophene rings is 1. The van der Waals surface area contributed by atoms with Crippen molar-refractivity contribution in [2.45, 2.75) is 31.2 Å². The van der Waals surface area contributed by atoms with Gasteiger partial charge in [0.05, 0.1) is 31.0 Å². The smallest absolute Gasteiger partial charge is 0.247 e. The van der Waals surface area contributed by atoms with Gasteiger partial charge in [-0.2, -0.15) is 0 Å². The van der Waals surface area contributed by atoms with Gasteiger partial charge in [0.25, 0.3) is 0 Å². The molecule has 3 aliphatic rings. The third kappa shape index (κ3) is 4.21. The third-order valence-corrected chi connectivity index (χ3v) is 8.39. The highest BCUT2D eigenvalue weighted by molar-refractivity contribution is 7.09. The van der Waals surface area contributed by atoms with Crippen LogP contribution in [0, 0.1) is 24.6 Å². The maximum Gasteiger partial charge on any atom is 0.247 e. The number of hydrogen-bond acceptors (Lipinski definition) is 5. The van der Waals surface area contributed by atoms with Gasteiger partial charge in [-0.05, 0) is 48.2 Å². The molecule has 194 valence electrons. The number of nitrogens with one attached hydrogen (secondary N) is 2. The second-order valence-corrected chi connectivity index (χ2v) is 11.0. The van der Waals surface area contributed by atoms with Crippen LogP contribution in [0.15, 0.2) is 78.2 Å². The first kappa shape index (κ1) is 24.5. The monoisotopic (exact) mass is 531 g/mol. The first-order chi connectivity index (χ1) is 18.3. The average molecular weight is 532 g/mol. The van der Waals surface area contributed by atoms with Crippen LogP contribution >= 0.6 is 11.3 Å². The van der Waals surface area contributed by atoms with Gasteiger partial charge in [-0.15, -0.1) is 11.3 Å². The van der Waals surface area contributed by atoms with Gasteiger partial charge >= 0.3 is 0 Å². The van der Waals surface area contributed by atoms with Crippen LogP contribution in [-0.4, -0.2) is 40.9 Å². The summed E-state index contributed by atoms with van der Waals surface area (Å²) < 4.78 is 20.0. The van der Waals surface area contributed by atoms with Gasteiger partial charge in [-0.1, -0.05) is 48.0 Å². The Morgan fingerprint density at radius 1 is 1.16 bits per heavy atom. The Morgan fingerprint density at radius 3 is 2.63 bits per heavy atom. The lowest BCUT2D eigenvalue weighted by atomic mass is 9.73. The van der Waals surface area contributed by atoms with Crippen molar-refractivity contribution in [3.05, 3.63) is 100 Å². The maximum atomic E-state index is 14.5. The van der Waals surface area contributed by atoms with E-state index in [9.17, 15) is 18.8 Å². The average Bonchev–Trinajstić information content (AvgIpc) is 3.65. The molecule has 2 N–H and O–H groups in total. The van der Waals surface area contributed by atoms with E-state index in [1.54, 1.807) is 12.2 Å². The maximum absolute atomic E-state index is 14.5. The van der Waals surface area contributed by atoms with Crippen LogP contribution in [0.25, 0.3) is 0 Å². The molecular formula is C29H26FN3O4S. The molecule has 6 rings (SSSR count). The number of carbonyl (C=O) groups is 3. The second-order valence-electron chi connectivity index (χ2n) is 9.97. The molecule has 3 aliphatic heterocycles. The summed E-state index contributed by atoms with van der Waals surface area (Å²) in [6.45, 7) is 2.18. The van der Waals surface area contributed by atoms with Gasteiger partial charge in [-0.3, -0.25) is 14.4 Å². The highest BCUT2D eigenvalue weighted by Crippen LogP contribution is 2.50. The van der Waals surface area contributed by atoms with Crippen molar-refractivity contribution in [1.29, 1.82) is 0 Å². The molecule has 3 aromatic rings. The Balaban J connectivity index is 1.40. The number of rotatable bonds is 5. The summed E-state index contributed by atoms with van der Waals surface area (Å²) in [5.41, 5.74) is 1.06. The molecule has 0 radical (unpaired) electrons. The molecule has 2 aromatic carbocycles. The molecule has 38 heavy (non-hydrogen) atoms. The van der Waals surface area contributed by atoms with Crippen LogP contribution in [0.3, 0.4) is 0 Å². The van der Waals surface area contributed by atoms with E-state index >= 15 is 0 Å². The zero-order valence-corrected chi connectivity index (χ0v) is 21.4. The summed E-state index contributed by atoms with van der Waals surface area (Å²) in [7, 11) is 0.